The number of halogens is 2. The van der Waals surface area contributed by atoms with Gasteiger partial charge in [-0.25, -0.2) is 13.4 Å². The Bertz CT molecular complexity index is 763. The van der Waals surface area contributed by atoms with Crippen LogP contribution in [0.1, 0.15) is 5.56 Å². The van der Waals surface area contributed by atoms with Gasteiger partial charge in [0.15, 0.2) is 0 Å². The molecule has 106 valence electrons. The van der Waals surface area contributed by atoms with E-state index >= 15 is 0 Å². The van der Waals surface area contributed by atoms with Gasteiger partial charge in [-0.15, -0.1) is 0 Å². The van der Waals surface area contributed by atoms with Crippen molar-refractivity contribution in [3.8, 4) is 0 Å². The van der Waals surface area contributed by atoms with Crippen LogP contribution in [-0.2, 0) is 10.0 Å². The molecule has 0 saturated heterocycles. The number of aromatic nitrogens is 1. The smallest absolute Gasteiger partial charge is 0.265 e. The van der Waals surface area contributed by atoms with E-state index in [4.69, 9.17) is 28.9 Å². The van der Waals surface area contributed by atoms with Crippen LogP contribution in [0, 0.1) is 6.92 Å². The number of pyridine rings is 1. The van der Waals surface area contributed by atoms with Crippen molar-refractivity contribution in [1.29, 1.82) is 0 Å². The molecular formula is C12H11Cl2N3O2S. The van der Waals surface area contributed by atoms with Crippen molar-refractivity contribution >= 4 is 44.7 Å². The Morgan fingerprint density at radius 3 is 2.60 bits per heavy atom. The Balaban J connectivity index is 2.50. The number of benzene rings is 1. The second kappa shape index (κ2) is 5.47. The van der Waals surface area contributed by atoms with Crippen molar-refractivity contribution in [2.24, 2.45) is 0 Å². The van der Waals surface area contributed by atoms with Crippen LogP contribution in [-0.4, -0.2) is 13.4 Å². The lowest BCUT2D eigenvalue weighted by atomic mass is 10.2. The van der Waals surface area contributed by atoms with Gasteiger partial charge in [-0.1, -0.05) is 29.3 Å². The van der Waals surface area contributed by atoms with Crippen LogP contribution in [0.5, 0.6) is 0 Å². The van der Waals surface area contributed by atoms with Crippen molar-refractivity contribution in [3.05, 3.63) is 46.1 Å². The van der Waals surface area contributed by atoms with Gasteiger partial charge in [0.1, 0.15) is 10.7 Å². The van der Waals surface area contributed by atoms with E-state index in [1.165, 1.54) is 18.3 Å². The molecule has 20 heavy (non-hydrogen) atoms. The van der Waals surface area contributed by atoms with Crippen molar-refractivity contribution < 1.29 is 8.42 Å². The fraction of sp³-hybridized carbons (Fsp3) is 0.0833. The van der Waals surface area contributed by atoms with Gasteiger partial charge in [-0.2, -0.15) is 0 Å². The first-order chi connectivity index (χ1) is 9.33. The predicted octanol–water partition coefficient (Wildman–Crippen LogP) is 3.08. The van der Waals surface area contributed by atoms with E-state index in [1.807, 2.05) is 0 Å². The average Bonchev–Trinajstić information content (AvgIpc) is 2.39. The van der Waals surface area contributed by atoms with E-state index in [-0.39, 0.29) is 26.4 Å². The van der Waals surface area contributed by atoms with Crippen LogP contribution in [0.3, 0.4) is 0 Å². The van der Waals surface area contributed by atoms with Gasteiger partial charge in [0, 0.05) is 6.20 Å². The number of rotatable bonds is 3. The molecule has 0 aliphatic heterocycles. The number of nitrogen functional groups attached to an aromatic ring is 1. The SMILES string of the molecule is Cc1ccc(Cl)c(NS(=O)(=O)c2cccnc2N)c1Cl. The van der Waals surface area contributed by atoms with Gasteiger partial charge >= 0.3 is 0 Å². The van der Waals surface area contributed by atoms with E-state index < -0.39 is 10.0 Å². The lowest BCUT2D eigenvalue weighted by Crippen LogP contribution is -2.16. The van der Waals surface area contributed by atoms with E-state index in [0.29, 0.717) is 5.56 Å². The molecule has 0 unspecified atom stereocenters. The second-order valence-corrected chi connectivity index (χ2v) is 6.48. The number of aryl methyl sites for hydroxylation is 1. The minimum atomic E-state index is -3.91. The van der Waals surface area contributed by atoms with Gasteiger partial charge in [-0.3, -0.25) is 4.72 Å². The Morgan fingerprint density at radius 2 is 1.95 bits per heavy atom. The normalized spacial score (nSPS) is 11.3. The summed E-state index contributed by atoms with van der Waals surface area (Å²) in [4.78, 5) is 3.61. The average molecular weight is 332 g/mol. The molecule has 2 rings (SSSR count). The minimum absolute atomic E-state index is 0.0973. The van der Waals surface area contributed by atoms with E-state index in [1.54, 1.807) is 19.1 Å². The molecule has 0 aliphatic carbocycles. The molecule has 8 heteroatoms. The van der Waals surface area contributed by atoms with Gasteiger partial charge < -0.3 is 5.73 Å². The molecule has 0 radical (unpaired) electrons. The van der Waals surface area contributed by atoms with Crippen molar-refractivity contribution in [1.82, 2.24) is 4.98 Å². The summed E-state index contributed by atoms with van der Waals surface area (Å²) < 4.78 is 26.9. The van der Waals surface area contributed by atoms with Crippen LogP contribution < -0.4 is 10.5 Å². The summed E-state index contributed by atoms with van der Waals surface area (Å²) in [7, 11) is -3.91. The van der Waals surface area contributed by atoms with Crippen LogP contribution in [0.2, 0.25) is 10.0 Å². The van der Waals surface area contributed by atoms with E-state index in [2.05, 4.69) is 9.71 Å². The maximum atomic E-state index is 12.3. The molecule has 5 nitrogen and oxygen atoms in total. The first-order valence-corrected chi connectivity index (χ1v) is 7.75. The Labute approximate surface area is 126 Å². The van der Waals surface area contributed by atoms with Crippen LogP contribution in [0.4, 0.5) is 11.5 Å². The number of hydrogen-bond donors (Lipinski definition) is 2. The number of anilines is 2. The molecule has 0 atom stereocenters. The van der Waals surface area contributed by atoms with E-state index in [0.717, 1.165) is 0 Å². The Hall–Kier alpha value is -1.50. The molecule has 2 aromatic rings. The molecule has 3 N–H and O–H groups in total. The molecule has 0 saturated carbocycles. The first-order valence-electron chi connectivity index (χ1n) is 5.51. The molecule has 0 aliphatic rings. The molecule has 0 spiro atoms. The summed E-state index contributed by atoms with van der Waals surface area (Å²) in [6, 6.07) is 6.08. The zero-order chi connectivity index (χ0) is 14.9. The number of sulfonamides is 1. The number of nitrogens with two attached hydrogens (primary N) is 1. The van der Waals surface area contributed by atoms with Crippen LogP contribution in [0.15, 0.2) is 35.4 Å². The fourth-order valence-electron chi connectivity index (χ4n) is 1.57. The maximum Gasteiger partial charge on any atom is 0.265 e. The quantitative estimate of drug-likeness (QED) is 0.904. The highest BCUT2D eigenvalue weighted by Crippen LogP contribution is 2.34. The highest BCUT2D eigenvalue weighted by Gasteiger charge is 2.21. The third-order valence-electron chi connectivity index (χ3n) is 2.61. The third-order valence-corrected chi connectivity index (χ3v) is 4.81. The van der Waals surface area contributed by atoms with Crippen molar-refractivity contribution in [2.75, 3.05) is 10.5 Å². The summed E-state index contributed by atoms with van der Waals surface area (Å²) in [5.41, 5.74) is 6.39. The number of nitrogens with one attached hydrogen (secondary N) is 1. The Morgan fingerprint density at radius 1 is 1.25 bits per heavy atom. The zero-order valence-corrected chi connectivity index (χ0v) is 12.7. The predicted molar refractivity (Wildman–Crippen MR) is 80.7 cm³/mol. The second-order valence-electron chi connectivity index (χ2n) is 4.05. The Kier molecular flexibility index (Phi) is 4.08. The topological polar surface area (TPSA) is 85.1 Å². The van der Waals surface area contributed by atoms with Gasteiger partial charge in [0.25, 0.3) is 10.0 Å². The maximum absolute atomic E-state index is 12.3. The monoisotopic (exact) mass is 331 g/mol. The molecular weight excluding hydrogens is 321 g/mol. The largest absolute Gasteiger partial charge is 0.383 e. The summed E-state index contributed by atoms with van der Waals surface area (Å²) in [5.74, 6) is -0.0973. The molecule has 0 amide bonds. The van der Waals surface area contributed by atoms with E-state index in [9.17, 15) is 8.42 Å². The number of hydrogen-bond acceptors (Lipinski definition) is 4. The first kappa shape index (κ1) is 14.9. The van der Waals surface area contributed by atoms with Gasteiger partial charge in [0.05, 0.1) is 15.7 Å². The van der Waals surface area contributed by atoms with Crippen molar-refractivity contribution in [2.45, 2.75) is 11.8 Å². The lowest BCUT2D eigenvalue weighted by molar-refractivity contribution is 0.601. The molecule has 1 aromatic carbocycles. The summed E-state index contributed by atoms with van der Waals surface area (Å²) in [6.07, 6.45) is 1.40. The molecule has 0 fully saturated rings. The summed E-state index contributed by atoms with van der Waals surface area (Å²) in [6.45, 7) is 1.74. The highest BCUT2D eigenvalue weighted by molar-refractivity contribution is 7.92. The van der Waals surface area contributed by atoms with Crippen LogP contribution in [0.25, 0.3) is 0 Å². The number of nitrogens with zero attached hydrogens (tertiary/aromatic N) is 1. The standard InChI is InChI=1S/C12H11Cl2N3O2S/c1-7-4-5-8(13)11(10(7)14)17-20(18,19)9-3-2-6-16-12(9)15/h2-6,17H,1H3,(H2,15,16). The van der Waals surface area contributed by atoms with Gasteiger partial charge in [0.2, 0.25) is 0 Å². The summed E-state index contributed by atoms with van der Waals surface area (Å²) >= 11 is 12.1. The molecule has 0 bridgehead atoms. The lowest BCUT2D eigenvalue weighted by Gasteiger charge is -2.13. The fourth-order valence-corrected chi connectivity index (χ4v) is 3.32. The summed E-state index contributed by atoms with van der Waals surface area (Å²) in [5, 5.41) is 0.440. The third kappa shape index (κ3) is 2.82. The minimum Gasteiger partial charge on any atom is -0.383 e. The molecule has 1 heterocycles. The highest BCUT2D eigenvalue weighted by atomic mass is 35.5. The molecule has 1 aromatic heterocycles. The van der Waals surface area contributed by atoms with Crippen molar-refractivity contribution in [3.63, 3.8) is 0 Å². The zero-order valence-electron chi connectivity index (χ0n) is 10.4. The van der Waals surface area contributed by atoms with Gasteiger partial charge in [-0.05, 0) is 30.7 Å². The van der Waals surface area contributed by atoms with Crippen LogP contribution >= 0.6 is 23.2 Å².